The summed E-state index contributed by atoms with van der Waals surface area (Å²) in [5, 5.41) is 3.89. The molecule has 0 radical (unpaired) electrons. The minimum atomic E-state index is -0.0809. The zero-order valence-corrected chi connectivity index (χ0v) is 16.8. The Kier molecular flexibility index (Phi) is 5.48. The van der Waals surface area contributed by atoms with Gasteiger partial charge in [0.15, 0.2) is 0 Å². The zero-order chi connectivity index (χ0) is 19.3. The van der Waals surface area contributed by atoms with Gasteiger partial charge in [0.25, 0.3) is 5.91 Å². The van der Waals surface area contributed by atoms with Crippen LogP contribution in [-0.4, -0.2) is 27.0 Å². The summed E-state index contributed by atoms with van der Waals surface area (Å²) in [4.78, 5) is 21.7. The van der Waals surface area contributed by atoms with Crippen molar-refractivity contribution in [3.05, 3.63) is 83.4 Å². The molecule has 0 spiro atoms. The van der Waals surface area contributed by atoms with Gasteiger partial charge in [-0.3, -0.25) is 4.79 Å². The third-order valence-corrected chi connectivity index (χ3v) is 5.07. The average Bonchev–Trinajstić information content (AvgIpc) is 3.24. The molecule has 0 fully saturated rings. The van der Waals surface area contributed by atoms with Gasteiger partial charge >= 0.3 is 0 Å². The van der Waals surface area contributed by atoms with Crippen molar-refractivity contribution >= 4 is 32.7 Å². The molecule has 0 aliphatic rings. The van der Waals surface area contributed by atoms with Crippen LogP contribution in [0, 0.1) is 0 Å². The van der Waals surface area contributed by atoms with Crippen molar-refractivity contribution in [3.63, 3.8) is 0 Å². The summed E-state index contributed by atoms with van der Waals surface area (Å²) < 4.78 is 3.01. The highest BCUT2D eigenvalue weighted by atomic mass is 79.9. The summed E-state index contributed by atoms with van der Waals surface area (Å²) in [5.74, 6) is -0.0809. The van der Waals surface area contributed by atoms with Crippen molar-refractivity contribution in [2.24, 2.45) is 0 Å². The summed E-state index contributed by atoms with van der Waals surface area (Å²) in [5.41, 5.74) is 3.22. The van der Waals surface area contributed by atoms with E-state index in [0.29, 0.717) is 12.1 Å². The number of imidazole rings is 1. The molecule has 2 aromatic carbocycles. The molecule has 0 atom stereocenters. The molecule has 0 saturated heterocycles. The van der Waals surface area contributed by atoms with Crippen molar-refractivity contribution in [2.75, 3.05) is 6.54 Å². The first kappa shape index (κ1) is 18.4. The lowest BCUT2D eigenvalue weighted by Crippen LogP contribution is -2.25. The number of nitrogens with zero attached hydrogens (tertiary/aromatic N) is 3. The van der Waals surface area contributed by atoms with Gasteiger partial charge in [0.1, 0.15) is 0 Å². The summed E-state index contributed by atoms with van der Waals surface area (Å²) >= 11 is 3.45. The van der Waals surface area contributed by atoms with Crippen molar-refractivity contribution in [2.45, 2.75) is 13.0 Å². The second-order valence-corrected chi connectivity index (χ2v) is 7.40. The molecule has 5 nitrogen and oxygen atoms in total. The SMILES string of the molecule is O=C(NCCCn1ccnc1)c1cc(-c2ccc(Br)cc2)nc2ccccc12. The number of benzene rings is 2. The molecule has 0 aliphatic carbocycles. The molecule has 1 amide bonds. The van der Waals surface area contributed by atoms with E-state index in [-0.39, 0.29) is 5.91 Å². The number of para-hydroxylation sites is 1. The standard InChI is InChI=1S/C22H19BrN4O/c23-17-8-6-16(7-9-17)21-14-19(18-4-1-2-5-20(18)26-21)22(28)25-10-3-12-27-13-11-24-15-27/h1-2,4-9,11,13-15H,3,10,12H2,(H,25,28). The van der Waals surface area contributed by atoms with Gasteiger partial charge in [0.2, 0.25) is 0 Å². The second-order valence-electron chi connectivity index (χ2n) is 6.49. The maximum atomic E-state index is 12.9. The second kappa shape index (κ2) is 8.35. The summed E-state index contributed by atoms with van der Waals surface area (Å²) in [6.45, 7) is 1.42. The number of hydrogen-bond donors (Lipinski definition) is 1. The Labute approximate surface area is 171 Å². The Balaban J connectivity index is 1.57. The molecular weight excluding hydrogens is 416 g/mol. The monoisotopic (exact) mass is 434 g/mol. The van der Waals surface area contributed by atoms with E-state index in [1.807, 2.05) is 65.4 Å². The Morgan fingerprint density at radius 2 is 1.93 bits per heavy atom. The first-order valence-corrected chi connectivity index (χ1v) is 9.90. The predicted molar refractivity (Wildman–Crippen MR) is 114 cm³/mol. The van der Waals surface area contributed by atoms with Crippen LogP contribution >= 0.6 is 15.9 Å². The third-order valence-electron chi connectivity index (χ3n) is 4.54. The van der Waals surface area contributed by atoms with Crippen molar-refractivity contribution in [1.82, 2.24) is 19.9 Å². The topological polar surface area (TPSA) is 59.8 Å². The first-order valence-electron chi connectivity index (χ1n) is 9.10. The zero-order valence-electron chi connectivity index (χ0n) is 15.2. The number of nitrogens with one attached hydrogen (secondary N) is 1. The minimum absolute atomic E-state index is 0.0809. The Bertz CT molecular complexity index is 1090. The summed E-state index contributed by atoms with van der Waals surface area (Å²) in [6.07, 6.45) is 6.29. The number of fused-ring (bicyclic) bond motifs is 1. The predicted octanol–water partition coefficient (Wildman–Crippen LogP) is 4.68. The fraction of sp³-hybridized carbons (Fsp3) is 0.136. The highest BCUT2D eigenvalue weighted by molar-refractivity contribution is 9.10. The smallest absolute Gasteiger partial charge is 0.252 e. The van der Waals surface area contributed by atoms with Gasteiger partial charge in [-0.1, -0.05) is 46.3 Å². The van der Waals surface area contributed by atoms with Crippen LogP contribution in [0.4, 0.5) is 0 Å². The first-order chi connectivity index (χ1) is 13.7. The molecule has 2 aromatic heterocycles. The van der Waals surface area contributed by atoms with Crippen LogP contribution < -0.4 is 5.32 Å². The number of amides is 1. The molecular formula is C22H19BrN4O. The molecule has 140 valence electrons. The fourth-order valence-electron chi connectivity index (χ4n) is 3.11. The lowest BCUT2D eigenvalue weighted by atomic mass is 10.0. The third kappa shape index (κ3) is 4.12. The maximum absolute atomic E-state index is 12.9. The normalized spacial score (nSPS) is 10.9. The average molecular weight is 435 g/mol. The van der Waals surface area contributed by atoms with E-state index in [2.05, 4.69) is 26.2 Å². The van der Waals surface area contributed by atoms with Crippen LogP contribution in [0.25, 0.3) is 22.2 Å². The van der Waals surface area contributed by atoms with E-state index in [9.17, 15) is 4.79 Å². The van der Waals surface area contributed by atoms with Crippen LogP contribution in [0.1, 0.15) is 16.8 Å². The molecule has 0 bridgehead atoms. The molecule has 6 heteroatoms. The highest BCUT2D eigenvalue weighted by Crippen LogP contribution is 2.26. The van der Waals surface area contributed by atoms with Gasteiger partial charge in [0.05, 0.1) is 23.1 Å². The Morgan fingerprint density at radius 3 is 2.71 bits per heavy atom. The minimum Gasteiger partial charge on any atom is -0.352 e. The van der Waals surface area contributed by atoms with E-state index in [0.717, 1.165) is 39.6 Å². The molecule has 2 heterocycles. The largest absolute Gasteiger partial charge is 0.352 e. The van der Waals surface area contributed by atoms with Crippen molar-refractivity contribution in [3.8, 4) is 11.3 Å². The molecule has 1 N–H and O–H groups in total. The van der Waals surface area contributed by atoms with Crippen molar-refractivity contribution in [1.29, 1.82) is 0 Å². The van der Waals surface area contributed by atoms with Crippen LogP contribution in [0.5, 0.6) is 0 Å². The number of pyridine rings is 1. The van der Waals surface area contributed by atoms with Gasteiger partial charge in [0, 0.05) is 40.9 Å². The van der Waals surface area contributed by atoms with Crippen molar-refractivity contribution < 1.29 is 4.79 Å². The van der Waals surface area contributed by atoms with Gasteiger partial charge in [-0.2, -0.15) is 0 Å². The quantitative estimate of drug-likeness (QED) is 0.448. The summed E-state index contributed by atoms with van der Waals surface area (Å²) in [6, 6.07) is 17.6. The van der Waals surface area contributed by atoms with E-state index in [4.69, 9.17) is 4.98 Å². The van der Waals surface area contributed by atoms with Gasteiger partial charge in [-0.15, -0.1) is 0 Å². The van der Waals surface area contributed by atoms with Crippen LogP contribution in [0.3, 0.4) is 0 Å². The lowest BCUT2D eigenvalue weighted by molar-refractivity contribution is 0.0954. The summed E-state index contributed by atoms with van der Waals surface area (Å²) in [7, 11) is 0. The van der Waals surface area contributed by atoms with E-state index in [1.54, 1.807) is 12.5 Å². The van der Waals surface area contributed by atoms with Crippen LogP contribution in [0.2, 0.25) is 0 Å². The van der Waals surface area contributed by atoms with E-state index in [1.165, 1.54) is 0 Å². The number of hydrogen-bond acceptors (Lipinski definition) is 3. The number of carbonyl (C=O) groups is 1. The molecule has 0 aliphatic heterocycles. The van der Waals surface area contributed by atoms with Gasteiger partial charge in [-0.05, 0) is 30.7 Å². The molecule has 0 unspecified atom stereocenters. The number of carbonyl (C=O) groups excluding carboxylic acids is 1. The maximum Gasteiger partial charge on any atom is 0.252 e. The lowest BCUT2D eigenvalue weighted by Gasteiger charge is -2.11. The van der Waals surface area contributed by atoms with Gasteiger partial charge < -0.3 is 9.88 Å². The Hall–Kier alpha value is -2.99. The van der Waals surface area contributed by atoms with Crippen LogP contribution in [0.15, 0.2) is 77.8 Å². The Morgan fingerprint density at radius 1 is 1.11 bits per heavy atom. The molecule has 4 rings (SSSR count). The molecule has 4 aromatic rings. The number of rotatable bonds is 6. The molecule has 0 saturated carbocycles. The van der Waals surface area contributed by atoms with E-state index >= 15 is 0 Å². The number of aryl methyl sites for hydroxylation is 1. The number of halogens is 1. The van der Waals surface area contributed by atoms with E-state index < -0.39 is 0 Å². The number of aromatic nitrogens is 3. The van der Waals surface area contributed by atoms with Gasteiger partial charge in [-0.25, -0.2) is 9.97 Å². The highest BCUT2D eigenvalue weighted by Gasteiger charge is 2.13. The molecule has 28 heavy (non-hydrogen) atoms. The fourth-order valence-corrected chi connectivity index (χ4v) is 3.37. The van der Waals surface area contributed by atoms with Crippen LogP contribution in [-0.2, 0) is 6.54 Å².